The van der Waals surface area contributed by atoms with E-state index in [4.69, 9.17) is 5.11 Å². The van der Waals surface area contributed by atoms with Gasteiger partial charge in [-0.15, -0.1) is 0 Å². The van der Waals surface area contributed by atoms with Crippen LogP contribution in [0.4, 0.5) is 13.2 Å². The van der Waals surface area contributed by atoms with Crippen molar-refractivity contribution < 1.29 is 28.5 Å². The number of benzene rings is 1. The zero-order valence-corrected chi connectivity index (χ0v) is 10.7. The number of alkyl halides is 3. The van der Waals surface area contributed by atoms with Crippen molar-refractivity contribution in [2.24, 2.45) is 0 Å². The standard InChI is InChI=1S/C12H10F3NO3S/c13-12(14,15)11(19)7-1-3-8(4-2-7)20-16-9(17)5-6-10(16)18/h1-6,11,17-19H. The smallest absolute Gasteiger partial charge is 0.418 e. The number of halogens is 3. The highest BCUT2D eigenvalue weighted by Crippen LogP contribution is 2.35. The van der Waals surface area contributed by atoms with E-state index in [-0.39, 0.29) is 17.3 Å². The molecule has 1 atom stereocenters. The Morgan fingerprint density at radius 2 is 1.45 bits per heavy atom. The summed E-state index contributed by atoms with van der Waals surface area (Å²) in [5, 5.41) is 27.9. The molecule has 2 aromatic rings. The van der Waals surface area contributed by atoms with Crippen molar-refractivity contribution in [1.29, 1.82) is 0 Å². The van der Waals surface area contributed by atoms with Crippen LogP contribution in [0.25, 0.3) is 0 Å². The number of hydrogen-bond donors (Lipinski definition) is 3. The topological polar surface area (TPSA) is 65.6 Å². The molecule has 3 N–H and O–H groups in total. The molecule has 0 fully saturated rings. The molecule has 0 aliphatic heterocycles. The van der Waals surface area contributed by atoms with Crippen molar-refractivity contribution in [2.75, 3.05) is 0 Å². The molecule has 1 aromatic carbocycles. The highest BCUT2D eigenvalue weighted by Gasteiger charge is 2.39. The Labute approximate surface area is 116 Å². The minimum atomic E-state index is -4.72. The van der Waals surface area contributed by atoms with Gasteiger partial charge in [0.05, 0.1) is 0 Å². The summed E-state index contributed by atoms with van der Waals surface area (Å²) in [5.74, 6) is -0.376. The van der Waals surface area contributed by atoms with Crippen LogP contribution in [0.3, 0.4) is 0 Å². The number of aromatic nitrogens is 1. The van der Waals surface area contributed by atoms with Crippen LogP contribution in [0.2, 0.25) is 0 Å². The Morgan fingerprint density at radius 1 is 0.950 bits per heavy atom. The van der Waals surface area contributed by atoms with Gasteiger partial charge in [-0.1, -0.05) is 12.1 Å². The highest BCUT2D eigenvalue weighted by molar-refractivity contribution is 7.98. The molecule has 1 heterocycles. The Kier molecular flexibility index (Phi) is 3.87. The predicted molar refractivity (Wildman–Crippen MR) is 66.5 cm³/mol. The van der Waals surface area contributed by atoms with Gasteiger partial charge in [0.15, 0.2) is 6.10 Å². The molecule has 0 amide bonds. The van der Waals surface area contributed by atoms with Crippen molar-refractivity contribution in [3.8, 4) is 11.8 Å². The minimum Gasteiger partial charge on any atom is -0.494 e. The maximum Gasteiger partial charge on any atom is 0.418 e. The maximum atomic E-state index is 12.3. The molecule has 20 heavy (non-hydrogen) atoms. The average Bonchev–Trinajstić information content (AvgIpc) is 2.69. The normalized spacial score (nSPS) is 13.4. The molecule has 2 rings (SSSR count). The number of aromatic hydroxyl groups is 2. The number of aliphatic hydroxyl groups is 1. The quantitative estimate of drug-likeness (QED) is 0.815. The van der Waals surface area contributed by atoms with Crippen molar-refractivity contribution in [2.45, 2.75) is 17.2 Å². The van der Waals surface area contributed by atoms with Gasteiger partial charge >= 0.3 is 6.18 Å². The third kappa shape index (κ3) is 3.02. The van der Waals surface area contributed by atoms with Gasteiger partial charge in [0, 0.05) is 17.0 Å². The number of aliphatic hydroxyl groups excluding tert-OH is 1. The van der Waals surface area contributed by atoms with Crippen LogP contribution in [0.1, 0.15) is 11.7 Å². The van der Waals surface area contributed by atoms with Crippen molar-refractivity contribution >= 4 is 11.9 Å². The molecule has 0 saturated heterocycles. The van der Waals surface area contributed by atoms with E-state index in [1.807, 2.05) is 0 Å². The van der Waals surface area contributed by atoms with E-state index in [0.29, 0.717) is 4.90 Å². The molecule has 1 unspecified atom stereocenters. The fourth-order valence-corrected chi connectivity index (χ4v) is 2.28. The van der Waals surface area contributed by atoms with Gasteiger partial charge < -0.3 is 15.3 Å². The first-order valence-corrected chi connectivity index (χ1v) is 6.19. The first-order valence-electron chi connectivity index (χ1n) is 5.42. The summed E-state index contributed by atoms with van der Waals surface area (Å²) in [6.07, 6.45) is -7.25. The van der Waals surface area contributed by atoms with Gasteiger partial charge in [0.2, 0.25) is 11.8 Å². The number of nitrogens with zero attached hydrogens (tertiary/aromatic N) is 1. The first kappa shape index (κ1) is 14.6. The van der Waals surface area contributed by atoms with Gasteiger partial charge in [0.25, 0.3) is 0 Å². The average molecular weight is 305 g/mol. The molecule has 4 nitrogen and oxygen atoms in total. The zero-order chi connectivity index (χ0) is 14.9. The lowest BCUT2D eigenvalue weighted by molar-refractivity contribution is -0.206. The zero-order valence-electron chi connectivity index (χ0n) is 9.87. The monoisotopic (exact) mass is 305 g/mol. The fourth-order valence-electron chi connectivity index (χ4n) is 1.50. The van der Waals surface area contributed by atoms with E-state index in [1.165, 1.54) is 24.3 Å². The molecule has 0 bridgehead atoms. The van der Waals surface area contributed by atoms with Gasteiger partial charge in [-0.25, -0.2) is 3.97 Å². The van der Waals surface area contributed by atoms with E-state index < -0.39 is 12.3 Å². The second-order valence-electron chi connectivity index (χ2n) is 3.95. The van der Waals surface area contributed by atoms with Gasteiger partial charge in [-0.3, -0.25) is 0 Å². The third-order valence-corrected chi connectivity index (χ3v) is 3.54. The van der Waals surface area contributed by atoms with Gasteiger partial charge in [-0.2, -0.15) is 13.2 Å². The van der Waals surface area contributed by atoms with Gasteiger partial charge in [0.1, 0.15) is 0 Å². The SMILES string of the molecule is Oc1ccc(O)n1Sc1ccc(C(O)C(F)(F)F)cc1. The summed E-state index contributed by atoms with van der Waals surface area (Å²) in [6.45, 7) is 0. The second kappa shape index (κ2) is 5.29. The Morgan fingerprint density at radius 3 is 1.90 bits per heavy atom. The van der Waals surface area contributed by atoms with Crippen molar-refractivity contribution in [1.82, 2.24) is 3.97 Å². The summed E-state index contributed by atoms with van der Waals surface area (Å²) in [4.78, 5) is 0.491. The van der Waals surface area contributed by atoms with Crippen LogP contribution in [0, 0.1) is 0 Å². The summed E-state index contributed by atoms with van der Waals surface area (Å²) in [6, 6.07) is 7.55. The van der Waals surface area contributed by atoms with Crippen LogP contribution in [-0.4, -0.2) is 25.5 Å². The van der Waals surface area contributed by atoms with Crippen LogP contribution in [0.15, 0.2) is 41.3 Å². The minimum absolute atomic E-state index is 0.188. The van der Waals surface area contributed by atoms with E-state index >= 15 is 0 Å². The first-order chi connectivity index (χ1) is 9.29. The number of hydrogen-bond acceptors (Lipinski definition) is 4. The lowest BCUT2D eigenvalue weighted by Gasteiger charge is -2.15. The largest absolute Gasteiger partial charge is 0.494 e. The van der Waals surface area contributed by atoms with E-state index in [9.17, 15) is 23.4 Å². The Balaban J connectivity index is 2.17. The molecule has 0 saturated carbocycles. The van der Waals surface area contributed by atoms with Crippen LogP contribution in [-0.2, 0) is 0 Å². The molecule has 108 valence electrons. The second-order valence-corrected chi connectivity index (χ2v) is 4.97. The molecule has 0 spiro atoms. The summed E-state index contributed by atoms with van der Waals surface area (Å²) < 4.78 is 38.1. The molecule has 0 aliphatic rings. The molecule has 1 aromatic heterocycles. The number of rotatable bonds is 3. The molecular formula is C12H10F3NO3S. The van der Waals surface area contributed by atoms with E-state index in [1.54, 1.807) is 0 Å². The Bertz CT molecular complexity index is 575. The lowest BCUT2D eigenvalue weighted by Crippen LogP contribution is -2.19. The lowest BCUT2D eigenvalue weighted by atomic mass is 10.1. The third-order valence-electron chi connectivity index (χ3n) is 2.50. The summed E-state index contributed by atoms with van der Waals surface area (Å²) >= 11 is 0.929. The molecule has 0 radical (unpaired) electrons. The molecule has 0 aliphatic carbocycles. The summed E-state index contributed by atoms with van der Waals surface area (Å²) in [7, 11) is 0. The highest BCUT2D eigenvalue weighted by atomic mass is 32.2. The van der Waals surface area contributed by atoms with E-state index in [0.717, 1.165) is 28.1 Å². The van der Waals surface area contributed by atoms with Crippen molar-refractivity contribution in [3.63, 3.8) is 0 Å². The van der Waals surface area contributed by atoms with Crippen LogP contribution in [0.5, 0.6) is 11.8 Å². The summed E-state index contributed by atoms with van der Waals surface area (Å²) in [5.41, 5.74) is -0.275. The van der Waals surface area contributed by atoms with Crippen LogP contribution >= 0.6 is 11.9 Å². The van der Waals surface area contributed by atoms with E-state index in [2.05, 4.69) is 0 Å². The maximum absolute atomic E-state index is 12.3. The molecular weight excluding hydrogens is 295 g/mol. The predicted octanol–water partition coefficient (Wildman–Crippen LogP) is 3.05. The Hall–Kier alpha value is -1.80. The fraction of sp³-hybridized carbons (Fsp3) is 0.167. The van der Waals surface area contributed by atoms with Gasteiger partial charge in [-0.05, 0) is 29.6 Å². The molecule has 8 heteroatoms. The van der Waals surface area contributed by atoms with Crippen LogP contribution < -0.4 is 0 Å². The van der Waals surface area contributed by atoms with Crippen molar-refractivity contribution in [3.05, 3.63) is 42.0 Å².